The fourth-order valence-corrected chi connectivity index (χ4v) is 3.90. The van der Waals surface area contributed by atoms with Crippen molar-refractivity contribution in [1.29, 1.82) is 0 Å². The molecule has 4 rings (SSSR count). The molecular weight excluding hydrogens is 272 g/mol. The minimum absolute atomic E-state index is 0.223. The number of nitrogens with zero attached hydrogens (tertiary/aromatic N) is 1. The molecule has 1 unspecified atom stereocenters. The fourth-order valence-electron chi connectivity index (χ4n) is 2.83. The van der Waals surface area contributed by atoms with Crippen LogP contribution in [0.15, 0.2) is 18.2 Å². The zero-order valence-electron chi connectivity index (χ0n) is 11.3. The Morgan fingerprint density at radius 3 is 3.00 bits per heavy atom. The van der Waals surface area contributed by atoms with E-state index in [1.165, 1.54) is 16.1 Å². The number of rotatable bonds is 1. The van der Waals surface area contributed by atoms with Crippen LogP contribution < -0.4 is 14.8 Å². The van der Waals surface area contributed by atoms with E-state index in [4.69, 9.17) is 9.47 Å². The quantitative estimate of drug-likeness (QED) is 0.875. The van der Waals surface area contributed by atoms with Crippen LogP contribution in [0.1, 0.15) is 27.2 Å². The van der Waals surface area contributed by atoms with Crippen molar-refractivity contribution >= 4 is 11.3 Å². The third-order valence-electron chi connectivity index (χ3n) is 3.71. The smallest absolute Gasteiger partial charge is 0.161 e. The number of benzene rings is 1. The van der Waals surface area contributed by atoms with E-state index in [1.807, 2.05) is 6.07 Å². The van der Waals surface area contributed by atoms with Gasteiger partial charge in [-0.15, -0.1) is 11.3 Å². The third-order valence-corrected chi connectivity index (χ3v) is 4.78. The molecule has 0 saturated heterocycles. The molecule has 4 nitrogen and oxygen atoms in total. The van der Waals surface area contributed by atoms with Crippen LogP contribution in [0.4, 0.5) is 0 Å². The number of aryl methyl sites for hydroxylation is 1. The molecule has 0 amide bonds. The van der Waals surface area contributed by atoms with E-state index in [9.17, 15) is 0 Å². The molecule has 2 aromatic rings. The number of aromatic nitrogens is 1. The number of ether oxygens (including phenoxy) is 2. The Kier molecular flexibility index (Phi) is 2.89. The fraction of sp³-hybridized carbons (Fsp3) is 0.400. The first-order valence-corrected chi connectivity index (χ1v) is 7.72. The molecule has 0 aliphatic carbocycles. The van der Waals surface area contributed by atoms with Gasteiger partial charge in [-0.3, -0.25) is 0 Å². The largest absolute Gasteiger partial charge is 0.486 e. The minimum atomic E-state index is 0.223. The Morgan fingerprint density at radius 2 is 2.10 bits per heavy atom. The molecule has 20 heavy (non-hydrogen) atoms. The molecule has 5 heteroatoms. The molecule has 0 saturated carbocycles. The maximum absolute atomic E-state index is 5.68. The maximum atomic E-state index is 5.68. The van der Waals surface area contributed by atoms with Gasteiger partial charge in [0.05, 0.1) is 16.7 Å². The van der Waals surface area contributed by atoms with Crippen molar-refractivity contribution in [3.63, 3.8) is 0 Å². The molecule has 1 aromatic carbocycles. The van der Waals surface area contributed by atoms with Crippen LogP contribution in [0.25, 0.3) is 0 Å². The van der Waals surface area contributed by atoms with E-state index in [0.29, 0.717) is 13.2 Å². The second kappa shape index (κ2) is 4.75. The molecule has 1 atom stereocenters. The van der Waals surface area contributed by atoms with Crippen LogP contribution in [0, 0.1) is 6.92 Å². The Labute approximate surface area is 121 Å². The van der Waals surface area contributed by atoms with Gasteiger partial charge in [0.2, 0.25) is 0 Å². The summed E-state index contributed by atoms with van der Waals surface area (Å²) in [4.78, 5) is 5.98. The molecule has 0 fully saturated rings. The van der Waals surface area contributed by atoms with Crippen molar-refractivity contribution in [2.45, 2.75) is 19.4 Å². The van der Waals surface area contributed by atoms with Gasteiger partial charge >= 0.3 is 0 Å². The third kappa shape index (κ3) is 1.98. The monoisotopic (exact) mass is 288 g/mol. The van der Waals surface area contributed by atoms with Crippen LogP contribution in [0.3, 0.4) is 0 Å². The summed E-state index contributed by atoms with van der Waals surface area (Å²) in [6.45, 7) is 4.30. The predicted molar refractivity (Wildman–Crippen MR) is 77.8 cm³/mol. The van der Waals surface area contributed by atoms with Gasteiger partial charge in [-0.1, -0.05) is 6.07 Å². The number of thiazole rings is 1. The van der Waals surface area contributed by atoms with E-state index >= 15 is 0 Å². The van der Waals surface area contributed by atoms with Gasteiger partial charge in [0, 0.05) is 17.8 Å². The molecule has 3 heterocycles. The lowest BCUT2D eigenvalue weighted by atomic mass is 9.99. The van der Waals surface area contributed by atoms with Crippen molar-refractivity contribution in [2.24, 2.45) is 0 Å². The van der Waals surface area contributed by atoms with E-state index < -0.39 is 0 Å². The highest BCUT2D eigenvalue weighted by Crippen LogP contribution is 2.37. The van der Waals surface area contributed by atoms with Crippen molar-refractivity contribution in [3.8, 4) is 11.5 Å². The number of hydrogen-bond donors (Lipinski definition) is 1. The van der Waals surface area contributed by atoms with Crippen molar-refractivity contribution in [2.75, 3.05) is 19.8 Å². The van der Waals surface area contributed by atoms with Gasteiger partial charge in [0.15, 0.2) is 11.5 Å². The Bertz CT molecular complexity index is 653. The normalized spacial score (nSPS) is 20.6. The number of nitrogens with one attached hydrogen (secondary N) is 1. The first-order chi connectivity index (χ1) is 9.81. The molecule has 2 aliphatic rings. The van der Waals surface area contributed by atoms with E-state index in [0.717, 1.165) is 29.5 Å². The van der Waals surface area contributed by atoms with Crippen molar-refractivity contribution < 1.29 is 9.47 Å². The molecule has 0 radical (unpaired) electrons. The van der Waals surface area contributed by atoms with E-state index in [-0.39, 0.29) is 6.04 Å². The topological polar surface area (TPSA) is 43.4 Å². The number of fused-ring (bicyclic) bond motifs is 2. The van der Waals surface area contributed by atoms with Gasteiger partial charge in [-0.2, -0.15) is 0 Å². The lowest BCUT2D eigenvalue weighted by Gasteiger charge is -2.25. The highest BCUT2D eigenvalue weighted by Gasteiger charge is 2.26. The zero-order chi connectivity index (χ0) is 13.5. The van der Waals surface area contributed by atoms with Gasteiger partial charge in [0.1, 0.15) is 13.2 Å². The minimum Gasteiger partial charge on any atom is -0.486 e. The first kappa shape index (κ1) is 12.2. The molecule has 104 valence electrons. The van der Waals surface area contributed by atoms with Gasteiger partial charge in [0.25, 0.3) is 0 Å². The molecule has 1 aromatic heterocycles. The van der Waals surface area contributed by atoms with Gasteiger partial charge in [-0.05, 0) is 24.6 Å². The Hall–Kier alpha value is -1.59. The van der Waals surface area contributed by atoms with E-state index in [2.05, 4.69) is 29.4 Å². The Morgan fingerprint density at radius 1 is 1.25 bits per heavy atom. The van der Waals surface area contributed by atoms with Gasteiger partial charge in [-0.25, -0.2) is 4.98 Å². The average molecular weight is 288 g/mol. The lowest BCUT2D eigenvalue weighted by molar-refractivity contribution is 0.171. The lowest BCUT2D eigenvalue weighted by Crippen LogP contribution is -2.29. The molecule has 1 N–H and O–H groups in total. The molecule has 2 aliphatic heterocycles. The molecule has 0 bridgehead atoms. The zero-order valence-corrected chi connectivity index (χ0v) is 12.1. The highest BCUT2D eigenvalue weighted by atomic mass is 32.1. The summed E-state index contributed by atoms with van der Waals surface area (Å²) in [6, 6.07) is 6.44. The van der Waals surface area contributed by atoms with Gasteiger partial charge < -0.3 is 14.8 Å². The molecular formula is C15H16N2O2S. The number of hydrogen-bond acceptors (Lipinski definition) is 5. The van der Waals surface area contributed by atoms with Crippen molar-refractivity contribution in [3.05, 3.63) is 39.3 Å². The maximum Gasteiger partial charge on any atom is 0.161 e. The second-order valence-corrected chi connectivity index (χ2v) is 6.32. The van der Waals surface area contributed by atoms with Crippen LogP contribution >= 0.6 is 11.3 Å². The van der Waals surface area contributed by atoms with Crippen LogP contribution in [0.5, 0.6) is 11.5 Å². The summed E-state index contributed by atoms with van der Waals surface area (Å²) in [5.74, 6) is 1.69. The summed E-state index contributed by atoms with van der Waals surface area (Å²) < 4.78 is 11.3. The average Bonchev–Trinajstić information content (AvgIpc) is 2.86. The van der Waals surface area contributed by atoms with Crippen LogP contribution in [-0.2, 0) is 6.42 Å². The summed E-state index contributed by atoms with van der Waals surface area (Å²) in [5.41, 5.74) is 2.46. The first-order valence-electron chi connectivity index (χ1n) is 6.90. The standard InChI is InChI=1S/C15H16N2O2S/c1-9-17-11-4-5-16-14(15(11)20-9)10-2-3-12-13(8-10)19-7-6-18-12/h2-3,8,14,16H,4-7H2,1H3. The van der Waals surface area contributed by atoms with Crippen LogP contribution in [0.2, 0.25) is 0 Å². The summed E-state index contributed by atoms with van der Waals surface area (Å²) in [6.07, 6.45) is 1.01. The summed E-state index contributed by atoms with van der Waals surface area (Å²) >= 11 is 1.78. The highest BCUT2D eigenvalue weighted by molar-refractivity contribution is 7.11. The summed E-state index contributed by atoms with van der Waals surface area (Å²) in [5, 5.41) is 4.73. The van der Waals surface area contributed by atoms with Crippen LogP contribution in [-0.4, -0.2) is 24.7 Å². The SMILES string of the molecule is Cc1nc2c(s1)C(c1ccc3c(c1)OCCO3)NCC2. The second-order valence-electron chi connectivity index (χ2n) is 5.08. The Balaban J connectivity index is 1.74. The molecule has 0 spiro atoms. The summed E-state index contributed by atoms with van der Waals surface area (Å²) in [7, 11) is 0. The van der Waals surface area contributed by atoms with E-state index in [1.54, 1.807) is 11.3 Å². The predicted octanol–water partition coefficient (Wildman–Crippen LogP) is 2.46. The van der Waals surface area contributed by atoms with Crippen molar-refractivity contribution in [1.82, 2.24) is 10.3 Å².